The lowest BCUT2D eigenvalue weighted by Gasteiger charge is -2.03. The summed E-state index contributed by atoms with van der Waals surface area (Å²) < 4.78 is 5.37. The Labute approximate surface area is 330 Å². The Morgan fingerprint density at radius 2 is 0.458 bits per heavy atom. The first-order valence-electron chi connectivity index (χ1n) is 18.2. The van der Waals surface area contributed by atoms with Crippen molar-refractivity contribution in [2.24, 2.45) is 0 Å². The molecule has 0 radical (unpaired) electrons. The summed E-state index contributed by atoms with van der Waals surface area (Å²) in [6.45, 7) is 12.0. The van der Waals surface area contributed by atoms with Gasteiger partial charge in [-0.25, -0.2) is 0 Å². The van der Waals surface area contributed by atoms with E-state index in [-0.39, 0.29) is 105 Å². The summed E-state index contributed by atoms with van der Waals surface area (Å²) in [5, 5.41) is 15.4. The monoisotopic (exact) mass is 809 g/mol. The Bertz CT molecular complexity index is 2700. The van der Waals surface area contributed by atoms with E-state index in [9.17, 15) is 0 Å². The van der Waals surface area contributed by atoms with Crippen LogP contribution in [0, 0.1) is 0 Å². The summed E-state index contributed by atoms with van der Waals surface area (Å²) in [7, 11) is 1.41. The van der Waals surface area contributed by atoms with Gasteiger partial charge < -0.3 is 31.3 Å². The van der Waals surface area contributed by atoms with Crippen LogP contribution >= 0.6 is 0 Å². The third-order valence-electron chi connectivity index (χ3n) is 6.99. The topological polar surface area (TPSA) is 396 Å². The minimum atomic E-state index is -0.0479. The fourth-order valence-corrected chi connectivity index (χ4v) is 4.78. The predicted molar refractivity (Wildman–Crippen MR) is 215 cm³/mol. The maximum atomic E-state index is 5.37. The number of hydrogen-bond donors (Lipinski definition) is 11. The molecule has 0 aliphatic carbocycles. The first-order valence-corrected chi connectivity index (χ1v) is 18.2. The third kappa shape index (κ3) is 10.3. The molecule has 0 aromatic carbocycles. The van der Waals surface area contributed by atoms with Crippen LogP contribution in [0.25, 0.3) is 69.3 Å². The van der Waals surface area contributed by atoms with Crippen LogP contribution < -0.4 is 31.3 Å². The van der Waals surface area contributed by atoms with Gasteiger partial charge in [-0.2, -0.15) is 89.7 Å². The summed E-state index contributed by atoms with van der Waals surface area (Å²) in [6.07, 6.45) is 0. The van der Waals surface area contributed by atoms with Crippen molar-refractivity contribution in [3.63, 3.8) is 0 Å². The lowest BCUT2D eigenvalue weighted by atomic mass is 10.7. The normalized spacial score (nSPS) is 10.9. The third-order valence-corrected chi connectivity index (χ3v) is 6.99. The Kier molecular flexibility index (Phi) is 11.9. The van der Waals surface area contributed by atoms with E-state index < -0.39 is 0 Å². The van der Waals surface area contributed by atoms with Crippen molar-refractivity contribution >= 4 is 99.1 Å². The summed E-state index contributed by atoms with van der Waals surface area (Å²) >= 11 is 0. The maximum absolute atomic E-state index is 5.37. The van der Waals surface area contributed by atoms with Gasteiger partial charge in [-0.1, -0.05) is 0 Å². The Morgan fingerprint density at radius 1 is 0.288 bits per heavy atom. The molecule has 0 atom stereocenters. The van der Waals surface area contributed by atoms with Gasteiger partial charge in [0.2, 0.25) is 99.1 Å². The van der Waals surface area contributed by atoms with Crippen molar-refractivity contribution in [3.05, 3.63) is 0 Å². The average Bonchev–Trinajstić information content (AvgIpc) is 3.18. The van der Waals surface area contributed by atoms with Crippen LogP contribution in [-0.2, 0) is 0 Å². The number of ether oxygens (including phenoxy) is 1. The molecule has 0 saturated heterocycles. The van der Waals surface area contributed by atoms with E-state index in [0.29, 0.717) is 32.7 Å². The summed E-state index contributed by atoms with van der Waals surface area (Å²) in [5.74, 6) is 1.74. The zero-order valence-corrected chi connectivity index (χ0v) is 32.5. The number of nitrogens with zero attached hydrogens (tertiary/aromatic N) is 18. The summed E-state index contributed by atoms with van der Waals surface area (Å²) in [4.78, 5) is 98.6. The van der Waals surface area contributed by atoms with Gasteiger partial charge >= 0.3 is 6.01 Å². The van der Waals surface area contributed by atoms with Crippen LogP contribution in [0.15, 0.2) is 0 Å². The molecule has 11 N–H and O–H groups in total. The number of fused-ring (bicyclic) bond motifs is 12. The van der Waals surface area contributed by atoms with E-state index in [1.807, 2.05) is 34.6 Å². The van der Waals surface area contributed by atoms with E-state index >= 15 is 0 Å². The van der Waals surface area contributed by atoms with Gasteiger partial charge in [0.1, 0.15) is 0 Å². The van der Waals surface area contributed by atoms with Crippen molar-refractivity contribution < 1.29 is 4.74 Å². The lowest BCUT2D eigenvalue weighted by molar-refractivity contribution is 0.381. The second kappa shape index (κ2) is 18.1. The van der Waals surface area contributed by atoms with Crippen LogP contribution in [0.2, 0.25) is 0 Å². The Hall–Kier alpha value is -8.34. The molecule has 7 rings (SSSR count). The van der Waals surface area contributed by atoms with Crippen molar-refractivity contribution in [3.8, 4) is 6.01 Å². The first kappa shape index (κ1) is 38.9. The van der Waals surface area contributed by atoms with Gasteiger partial charge in [-0.05, 0) is 34.6 Å². The molecular formula is C29H39N29O. The number of anilines is 5. The van der Waals surface area contributed by atoms with E-state index in [1.165, 1.54) is 7.11 Å². The molecule has 7 heterocycles. The largest absolute Gasteiger partial charge is 0.467 e. The first-order chi connectivity index (χ1) is 28.8. The fraction of sp³-hybridized carbons (Fsp3) is 0.379. The molecule has 0 aliphatic heterocycles. The summed E-state index contributed by atoms with van der Waals surface area (Å²) in [5.41, 5.74) is 0. The van der Waals surface area contributed by atoms with Crippen molar-refractivity contribution in [2.45, 2.75) is 34.6 Å². The van der Waals surface area contributed by atoms with Crippen molar-refractivity contribution in [2.75, 3.05) is 66.4 Å². The maximum Gasteiger partial charge on any atom is 0.322 e. The van der Waals surface area contributed by atoms with Gasteiger partial charge in [0.05, 0.1) is 7.11 Å². The van der Waals surface area contributed by atoms with Gasteiger partial charge in [-0.3, -0.25) is 29.9 Å². The number of aromatic nitrogens is 24. The molecule has 30 heteroatoms. The molecule has 0 spiro atoms. The van der Waals surface area contributed by atoms with Gasteiger partial charge in [0, 0.05) is 32.7 Å². The van der Waals surface area contributed by atoms with E-state index in [1.54, 1.807) is 0 Å². The smallest absolute Gasteiger partial charge is 0.322 e. The number of hydrogen-bond acceptors (Lipinski definition) is 24. The van der Waals surface area contributed by atoms with Crippen LogP contribution in [-0.4, -0.2) is 159 Å². The van der Waals surface area contributed by atoms with Crippen LogP contribution in [0.4, 0.5) is 29.7 Å². The van der Waals surface area contributed by atoms with E-state index in [4.69, 9.17) is 4.74 Å². The second-order valence-corrected chi connectivity index (χ2v) is 11.4. The zero-order chi connectivity index (χ0) is 41.1. The van der Waals surface area contributed by atoms with Gasteiger partial charge in [0.25, 0.3) is 0 Å². The van der Waals surface area contributed by atoms with Crippen LogP contribution in [0.1, 0.15) is 34.6 Å². The highest BCUT2D eigenvalue weighted by Gasteiger charge is 2.07. The van der Waals surface area contributed by atoms with Crippen LogP contribution in [0.3, 0.4) is 0 Å². The zero-order valence-electron chi connectivity index (χ0n) is 32.5. The number of nitrogens with one attached hydrogen (secondary N) is 11. The molecule has 7 aromatic rings. The molecule has 0 saturated carbocycles. The minimum absolute atomic E-state index is 0.00335. The van der Waals surface area contributed by atoms with E-state index in [2.05, 4.69) is 146 Å². The minimum Gasteiger partial charge on any atom is -0.467 e. The molecule has 0 fully saturated rings. The highest BCUT2D eigenvalue weighted by Crippen LogP contribution is 2.08. The molecular weight excluding hydrogens is 771 g/mol. The standard InChI is InChI=1S/C29H39N29O/c1-7-30-12-35-17-45-18(36-12)47-20-38-14(32-9-3)40-22(49-20)51-24-42-16(34-11-5)44-26(53-24)55-28-56-27(57-29(58-28)59-6)54-25-43-15(33-10-4)41-23(52-25)50-21-39-13(31-8-2)37-19(46-17)48-21/h7-11H2,1-6H3,(H11,30,31,32,33,34,35,36,37,38,39,40,41,42,43,44,45,46,47,48,49,50,51,52,53,54,55,56,57,58). The molecule has 59 heavy (non-hydrogen) atoms. The molecule has 306 valence electrons. The summed E-state index contributed by atoms with van der Waals surface area (Å²) in [6, 6.07) is -0.0479. The highest BCUT2D eigenvalue weighted by atomic mass is 16.5. The lowest BCUT2D eigenvalue weighted by Crippen LogP contribution is -2.07. The quantitative estimate of drug-likeness (QED) is 0.0864. The fourth-order valence-electron chi connectivity index (χ4n) is 4.78. The van der Waals surface area contributed by atoms with Crippen molar-refractivity contribution in [1.82, 2.24) is 120 Å². The Morgan fingerprint density at radius 3 is 0.610 bits per heavy atom. The molecule has 12 bridgehead atoms. The SMILES string of the molecule is CCNc1nc2nc(n1)[nH]c1nc(NCC)nc(n1)[nH]c1nc(NCC)nc(n1)[nH]c1nc(OC)nc(n1)[nH]c1nc(NCC)nc(n1)[nH]c1nc(NCC)nc(n1)[nH]2. The molecule has 0 unspecified atom stereocenters. The van der Waals surface area contributed by atoms with E-state index in [0.717, 1.165) is 0 Å². The van der Waals surface area contributed by atoms with Gasteiger partial charge in [-0.15, -0.1) is 0 Å². The van der Waals surface area contributed by atoms with Crippen LogP contribution in [0.5, 0.6) is 6.01 Å². The highest BCUT2D eigenvalue weighted by molar-refractivity contribution is 5.54. The number of methoxy groups -OCH3 is 1. The molecule has 0 amide bonds. The molecule has 7 aromatic heterocycles. The Balaban J connectivity index is 1.63. The van der Waals surface area contributed by atoms with Gasteiger partial charge in [0.15, 0.2) is 0 Å². The predicted octanol–water partition coefficient (Wildman–Crippen LogP) is 0.912. The second-order valence-electron chi connectivity index (χ2n) is 11.4. The average molecular weight is 810 g/mol. The van der Waals surface area contributed by atoms with Crippen molar-refractivity contribution in [1.29, 1.82) is 0 Å². The number of rotatable bonds is 11. The molecule has 0 aliphatic rings. The number of H-pyrrole nitrogens is 6. The number of aromatic amines is 6. The molecule has 30 nitrogen and oxygen atoms in total.